The van der Waals surface area contributed by atoms with Gasteiger partial charge >= 0.3 is 0 Å². The second-order valence-electron chi connectivity index (χ2n) is 4.55. The summed E-state index contributed by atoms with van der Waals surface area (Å²) in [4.78, 5) is 13.2. The molecule has 3 nitrogen and oxygen atoms in total. The third-order valence-corrected chi connectivity index (χ3v) is 5.27. The molecule has 0 saturated carbocycles. The number of benzene rings is 1. The Labute approximate surface area is 133 Å². The van der Waals surface area contributed by atoms with Gasteiger partial charge < -0.3 is 10.6 Å². The number of nitrogens with one attached hydrogen (secondary N) is 2. The summed E-state index contributed by atoms with van der Waals surface area (Å²) in [6.45, 7) is 3.07. The summed E-state index contributed by atoms with van der Waals surface area (Å²) in [6.07, 6.45) is 0.510. The standard InChI is InChI=1S/C14H19ClN2OS2/c1-2-20-13-4-3-10(15)7-12(13)17-14(18)8-11-9-19-6-5-16-11/h3-4,7,11,16H,2,5-6,8-9H2,1H3,(H,17,18). The SMILES string of the molecule is CCSc1ccc(Cl)cc1NC(=O)CC1CSCCN1. The van der Waals surface area contributed by atoms with Crippen molar-refractivity contribution in [2.45, 2.75) is 24.3 Å². The summed E-state index contributed by atoms with van der Waals surface area (Å²) in [5.41, 5.74) is 0.817. The Morgan fingerprint density at radius 3 is 3.15 bits per heavy atom. The first kappa shape index (κ1) is 16.0. The van der Waals surface area contributed by atoms with E-state index in [4.69, 9.17) is 11.6 Å². The molecule has 2 rings (SSSR count). The Balaban J connectivity index is 1.97. The second-order valence-corrected chi connectivity index (χ2v) is 7.44. The quantitative estimate of drug-likeness (QED) is 0.811. The molecule has 1 saturated heterocycles. The average Bonchev–Trinajstić information content (AvgIpc) is 2.43. The monoisotopic (exact) mass is 330 g/mol. The molecule has 110 valence electrons. The Kier molecular flexibility index (Phi) is 6.55. The summed E-state index contributed by atoms with van der Waals surface area (Å²) >= 11 is 9.62. The lowest BCUT2D eigenvalue weighted by Gasteiger charge is -2.22. The van der Waals surface area contributed by atoms with E-state index in [0.717, 1.165) is 34.4 Å². The van der Waals surface area contributed by atoms with Crippen LogP contribution < -0.4 is 10.6 Å². The van der Waals surface area contributed by atoms with Gasteiger partial charge in [-0.25, -0.2) is 0 Å². The van der Waals surface area contributed by atoms with E-state index in [1.165, 1.54) is 0 Å². The predicted octanol–water partition coefficient (Wildman–Crippen LogP) is 3.49. The second kappa shape index (κ2) is 8.17. The minimum absolute atomic E-state index is 0.0465. The van der Waals surface area contributed by atoms with Crippen molar-refractivity contribution in [3.63, 3.8) is 0 Å². The van der Waals surface area contributed by atoms with E-state index >= 15 is 0 Å². The summed E-state index contributed by atoms with van der Waals surface area (Å²) in [7, 11) is 0. The molecule has 1 aliphatic heterocycles. The van der Waals surface area contributed by atoms with Gasteiger partial charge in [-0.05, 0) is 24.0 Å². The zero-order chi connectivity index (χ0) is 14.4. The average molecular weight is 331 g/mol. The highest BCUT2D eigenvalue weighted by molar-refractivity contribution is 7.99. The maximum Gasteiger partial charge on any atom is 0.226 e. The maximum atomic E-state index is 12.1. The molecular formula is C14H19ClN2OS2. The lowest BCUT2D eigenvalue weighted by Crippen LogP contribution is -2.39. The molecule has 1 aliphatic rings. The molecule has 1 aromatic rings. The fourth-order valence-electron chi connectivity index (χ4n) is 2.06. The molecule has 0 radical (unpaired) electrons. The van der Waals surface area contributed by atoms with Crippen LogP contribution in [0, 0.1) is 0 Å². The van der Waals surface area contributed by atoms with Gasteiger partial charge in [0, 0.05) is 40.4 Å². The van der Waals surface area contributed by atoms with Crippen LogP contribution in [0.4, 0.5) is 5.69 Å². The smallest absolute Gasteiger partial charge is 0.226 e. The first-order chi connectivity index (χ1) is 9.69. The first-order valence-electron chi connectivity index (χ1n) is 6.72. The molecule has 0 aromatic heterocycles. The molecular weight excluding hydrogens is 312 g/mol. The van der Waals surface area contributed by atoms with E-state index in [2.05, 4.69) is 17.6 Å². The van der Waals surface area contributed by atoms with Crippen molar-refractivity contribution in [3.8, 4) is 0 Å². The summed E-state index contributed by atoms with van der Waals surface area (Å²) in [5, 5.41) is 7.01. The molecule has 1 heterocycles. The minimum Gasteiger partial charge on any atom is -0.325 e. The number of thioether (sulfide) groups is 2. The van der Waals surface area contributed by atoms with Crippen LogP contribution >= 0.6 is 35.1 Å². The van der Waals surface area contributed by atoms with Crippen molar-refractivity contribution < 1.29 is 4.79 Å². The van der Waals surface area contributed by atoms with Gasteiger partial charge in [-0.15, -0.1) is 11.8 Å². The molecule has 0 bridgehead atoms. The molecule has 20 heavy (non-hydrogen) atoms. The molecule has 6 heteroatoms. The fourth-order valence-corrected chi connectivity index (χ4v) is 3.92. The van der Waals surface area contributed by atoms with E-state index in [1.807, 2.05) is 30.0 Å². The normalized spacial score (nSPS) is 18.8. The van der Waals surface area contributed by atoms with Gasteiger partial charge in [-0.3, -0.25) is 4.79 Å². The van der Waals surface area contributed by atoms with Crippen molar-refractivity contribution in [2.24, 2.45) is 0 Å². The number of anilines is 1. The Morgan fingerprint density at radius 2 is 2.45 bits per heavy atom. The van der Waals surface area contributed by atoms with Crippen LogP contribution in [0.1, 0.15) is 13.3 Å². The zero-order valence-corrected chi connectivity index (χ0v) is 13.8. The van der Waals surface area contributed by atoms with Gasteiger partial charge in [0.25, 0.3) is 0 Å². The number of carbonyl (C=O) groups is 1. The highest BCUT2D eigenvalue weighted by Crippen LogP contribution is 2.30. The molecule has 1 unspecified atom stereocenters. The van der Waals surface area contributed by atoms with Gasteiger partial charge in [0.15, 0.2) is 0 Å². The Morgan fingerprint density at radius 1 is 1.60 bits per heavy atom. The lowest BCUT2D eigenvalue weighted by atomic mass is 10.2. The van der Waals surface area contributed by atoms with E-state index in [0.29, 0.717) is 11.4 Å². The van der Waals surface area contributed by atoms with E-state index in [-0.39, 0.29) is 11.9 Å². The largest absolute Gasteiger partial charge is 0.325 e. The van der Waals surface area contributed by atoms with Crippen molar-refractivity contribution >= 4 is 46.7 Å². The van der Waals surface area contributed by atoms with E-state index in [1.54, 1.807) is 11.8 Å². The minimum atomic E-state index is 0.0465. The summed E-state index contributed by atoms with van der Waals surface area (Å²) < 4.78 is 0. The van der Waals surface area contributed by atoms with Crippen LogP contribution in [0.5, 0.6) is 0 Å². The van der Waals surface area contributed by atoms with E-state index < -0.39 is 0 Å². The topological polar surface area (TPSA) is 41.1 Å². The predicted molar refractivity (Wildman–Crippen MR) is 90.2 cm³/mol. The van der Waals surface area contributed by atoms with Gasteiger partial charge in [0.05, 0.1) is 5.69 Å². The van der Waals surface area contributed by atoms with Crippen molar-refractivity contribution in [1.82, 2.24) is 5.32 Å². The number of hydrogen-bond donors (Lipinski definition) is 2. The zero-order valence-electron chi connectivity index (χ0n) is 11.4. The number of rotatable bonds is 5. The van der Waals surface area contributed by atoms with Gasteiger partial charge in [-0.1, -0.05) is 18.5 Å². The summed E-state index contributed by atoms with van der Waals surface area (Å²) in [6, 6.07) is 5.91. The highest BCUT2D eigenvalue weighted by Gasteiger charge is 2.17. The number of halogens is 1. The first-order valence-corrected chi connectivity index (χ1v) is 9.24. The molecule has 2 N–H and O–H groups in total. The van der Waals surface area contributed by atoms with Crippen LogP contribution in [-0.4, -0.2) is 35.8 Å². The molecule has 1 aromatic carbocycles. The number of carbonyl (C=O) groups excluding carboxylic acids is 1. The molecule has 1 fully saturated rings. The van der Waals surface area contributed by atoms with Gasteiger partial charge in [0.1, 0.15) is 0 Å². The van der Waals surface area contributed by atoms with Crippen molar-refractivity contribution in [1.29, 1.82) is 0 Å². The van der Waals surface area contributed by atoms with Crippen LogP contribution in [0.25, 0.3) is 0 Å². The van der Waals surface area contributed by atoms with Crippen LogP contribution in [0.2, 0.25) is 5.02 Å². The van der Waals surface area contributed by atoms with Gasteiger partial charge in [0.2, 0.25) is 5.91 Å². The molecule has 0 aliphatic carbocycles. The molecule has 1 atom stereocenters. The number of hydrogen-bond acceptors (Lipinski definition) is 4. The van der Waals surface area contributed by atoms with Crippen LogP contribution in [-0.2, 0) is 4.79 Å². The highest BCUT2D eigenvalue weighted by atomic mass is 35.5. The van der Waals surface area contributed by atoms with Crippen LogP contribution in [0.15, 0.2) is 23.1 Å². The fraction of sp³-hybridized carbons (Fsp3) is 0.500. The summed E-state index contributed by atoms with van der Waals surface area (Å²) in [5.74, 6) is 3.14. The third kappa shape index (κ3) is 4.88. The van der Waals surface area contributed by atoms with Crippen molar-refractivity contribution in [3.05, 3.63) is 23.2 Å². The van der Waals surface area contributed by atoms with Crippen LogP contribution in [0.3, 0.4) is 0 Å². The third-order valence-electron chi connectivity index (χ3n) is 2.95. The molecule has 1 amide bonds. The Bertz CT molecular complexity index is 464. The molecule has 0 spiro atoms. The Hall–Kier alpha value is -0.360. The number of amides is 1. The maximum absolute atomic E-state index is 12.1. The van der Waals surface area contributed by atoms with Crippen molar-refractivity contribution in [2.75, 3.05) is 29.1 Å². The van der Waals surface area contributed by atoms with E-state index in [9.17, 15) is 4.79 Å². The van der Waals surface area contributed by atoms with Gasteiger partial charge in [-0.2, -0.15) is 11.8 Å². The lowest BCUT2D eigenvalue weighted by molar-refractivity contribution is -0.116.